The maximum Gasteiger partial charge on any atom is 0.0651 e. The monoisotopic (exact) mass is 242 g/mol. The summed E-state index contributed by atoms with van der Waals surface area (Å²) in [7, 11) is 0. The van der Waals surface area contributed by atoms with Crippen LogP contribution in [-0.2, 0) is 0 Å². The number of hydrogen-bond donors (Lipinski definition) is 2. The minimum Gasteiger partial charge on any atom is -0.381 e. The number of piperidine rings is 3. The average Bonchev–Trinajstić information content (AvgIpc) is 2.87. The van der Waals surface area contributed by atoms with Crippen molar-refractivity contribution in [2.45, 2.75) is 18.9 Å². The highest BCUT2D eigenvalue weighted by atomic mass is 15.2. The Balaban J connectivity index is 1.56. The molecule has 0 amide bonds. The Kier molecular flexibility index (Phi) is 2.30. The fourth-order valence-corrected chi connectivity index (χ4v) is 3.38. The second-order valence-corrected chi connectivity index (χ2v) is 5.56. The Morgan fingerprint density at radius 1 is 1.28 bits per heavy atom. The highest BCUT2D eigenvalue weighted by Crippen LogP contribution is 2.30. The molecule has 1 aromatic heterocycles. The molecular formula is C14H18N4. The molecular weight excluding hydrogens is 224 g/mol. The number of nitrogens with zero attached hydrogens (tertiary/aromatic N) is 2. The van der Waals surface area contributed by atoms with Gasteiger partial charge >= 0.3 is 0 Å². The highest BCUT2D eigenvalue weighted by molar-refractivity contribution is 5.81. The number of benzene rings is 1. The van der Waals surface area contributed by atoms with Crippen molar-refractivity contribution in [3.63, 3.8) is 0 Å². The second-order valence-electron chi connectivity index (χ2n) is 5.56. The molecule has 1 aromatic carbocycles. The summed E-state index contributed by atoms with van der Waals surface area (Å²) in [6.45, 7) is 3.79. The van der Waals surface area contributed by atoms with Gasteiger partial charge in [-0.1, -0.05) is 0 Å². The topological polar surface area (TPSA) is 44.0 Å². The summed E-state index contributed by atoms with van der Waals surface area (Å²) >= 11 is 0. The first-order valence-corrected chi connectivity index (χ1v) is 6.80. The molecule has 2 aromatic rings. The lowest BCUT2D eigenvalue weighted by molar-refractivity contribution is 0.0975. The van der Waals surface area contributed by atoms with E-state index >= 15 is 0 Å². The molecule has 2 N–H and O–H groups in total. The normalized spacial score (nSPS) is 30.8. The summed E-state index contributed by atoms with van der Waals surface area (Å²) in [5, 5.41) is 12.0. The van der Waals surface area contributed by atoms with Crippen LogP contribution in [0.1, 0.15) is 12.8 Å². The van der Waals surface area contributed by atoms with Crippen molar-refractivity contribution in [3.8, 4) is 0 Å². The Labute approximate surface area is 106 Å². The number of aromatic amines is 1. The third-order valence-corrected chi connectivity index (χ3v) is 4.45. The van der Waals surface area contributed by atoms with E-state index in [4.69, 9.17) is 0 Å². The maximum absolute atomic E-state index is 4.07. The van der Waals surface area contributed by atoms with Crippen molar-refractivity contribution in [1.82, 2.24) is 15.1 Å². The van der Waals surface area contributed by atoms with Gasteiger partial charge in [-0.05, 0) is 50.0 Å². The van der Waals surface area contributed by atoms with Gasteiger partial charge in [0.1, 0.15) is 0 Å². The Bertz CT molecular complexity index is 554. The Morgan fingerprint density at radius 2 is 2.17 bits per heavy atom. The molecule has 3 saturated heterocycles. The van der Waals surface area contributed by atoms with Crippen LogP contribution in [0.2, 0.25) is 0 Å². The maximum atomic E-state index is 4.07. The largest absolute Gasteiger partial charge is 0.381 e. The van der Waals surface area contributed by atoms with E-state index < -0.39 is 0 Å². The molecule has 4 nitrogen and oxygen atoms in total. The van der Waals surface area contributed by atoms with Crippen LogP contribution in [0, 0.1) is 5.92 Å². The summed E-state index contributed by atoms with van der Waals surface area (Å²) in [6.07, 6.45) is 4.59. The quantitative estimate of drug-likeness (QED) is 0.847. The molecule has 3 fully saturated rings. The van der Waals surface area contributed by atoms with Crippen molar-refractivity contribution < 1.29 is 0 Å². The average molecular weight is 242 g/mol. The Morgan fingerprint density at radius 3 is 2.94 bits per heavy atom. The van der Waals surface area contributed by atoms with Gasteiger partial charge in [-0.2, -0.15) is 5.10 Å². The fourth-order valence-electron chi connectivity index (χ4n) is 3.38. The number of fused-ring (bicyclic) bond motifs is 4. The van der Waals surface area contributed by atoms with Crippen LogP contribution < -0.4 is 5.32 Å². The van der Waals surface area contributed by atoms with E-state index in [9.17, 15) is 0 Å². The van der Waals surface area contributed by atoms with Gasteiger partial charge in [0.2, 0.25) is 0 Å². The smallest absolute Gasteiger partial charge is 0.0651 e. The summed E-state index contributed by atoms with van der Waals surface area (Å²) in [4.78, 5) is 2.58. The van der Waals surface area contributed by atoms with Gasteiger partial charge < -0.3 is 10.2 Å². The van der Waals surface area contributed by atoms with E-state index in [1.807, 2.05) is 6.20 Å². The lowest BCUT2D eigenvalue weighted by Gasteiger charge is -2.45. The van der Waals surface area contributed by atoms with Crippen LogP contribution in [-0.4, -0.2) is 40.8 Å². The SMILES string of the molecule is c1cc2[nH]ncc2cc1NC1CN2CCC1CC2. The summed E-state index contributed by atoms with van der Waals surface area (Å²) in [5.41, 5.74) is 2.33. The van der Waals surface area contributed by atoms with Gasteiger partial charge in [0.25, 0.3) is 0 Å². The number of rotatable bonds is 2. The van der Waals surface area contributed by atoms with E-state index in [1.165, 1.54) is 43.5 Å². The number of aromatic nitrogens is 2. The molecule has 3 aliphatic heterocycles. The van der Waals surface area contributed by atoms with Gasteiger partial charge in [0, 0.05) is 23.7 Å². The van der Waals surface area contributed by atoms with Gasteiger partial charge in [-0.25, -0.2) is 0 Å². The first-order valence-electron chi connectivity index (χ1n) is 6.80. The minimum atomic E-state index is 0.622. The van der Waals surface area contributed by atoms with Crippen molar-refractivity contribution in [3.05, 3.63) is 24.4 Å². The van der Waals surface area contributed by atoms with Crippen LogP contribution in [0.3, 0.4) is 0 Å². The zero-order chi connectivity index (χ0) is 11.9. The predicted molar refractivity (Wildman–Crippen MR) is 72.7 cm³/mol. The summed E-state index contributed by atoms with van der Waals surface area (Å²) < 4.78 is 0. The standard InChI is InChI=1S/C14H18N4/c1-2-13-11(8-15-17-13)7-12(1)16-14-9-18-5-3-10(14)4-6-18/h1-2,7-8,10,14,16H,3-6,9H2,(H,15,17). The van der Waals surface area contributed by atoms with Crippen LogP contribution >= 0.6 is 0 Å². The molecule has 94 valence electrons. The second kappa shape index (κ2) is 3.99. The molecule has 4 heteroatoms. The van der Waals surface area contributed by atoms with Crippen molar-refractivity contribution in [2.75, 3.05) is 25.0 Å². The van der Waals surface area contributed by atoms with E-state index in [-0.39, 0.29) is 0 Å². The number of hydrogen-bond acceptors (Lipinski definition) is 3. The highest BCUT2D eigenvalue weighted by Gasteiger charge is 2.33. The number of anilines is 1. The van der Waals surface area contributed by atoms with Crippen LogP contribution in [0.15, 0.2) is 24.4 Å². The van der Waals surface area contributed by atoms with E-state index in [2.05, 4.69) is 38.6 Å². The lowest BCUT2D eigenvalue weighted by atomic mass is 9.84. The predicted octanol–water partition coefficient (Wildman–Crippen LogP) is 2.07. The van der Waals surface area contributed by atoms with Gasteiger partial charge in [0.05, 0.1) is 11.7 Å². The zero-order valence-corrected chi connectivity index (χ0v) is 10.4. The number of H-pyrrole nitrogens is 1. The molecule has 1 atom stereocenters. The first-order chi connectivity index (χ1) is 8.88. The fraction of sp³-hybridized carbons (Fsp3) is 0.500. The van der Waals surface area contributed by atoms with Crippen LogP contribution in [0.4, 0.5) is 5.69 Å². The molecule has 0 aliphatic carbocycles. The van der Waals surface area contributed by atoms with E-state index in [0.29, 0.717) is 6.04 Å². The van der Waals surface area contributed by atoms with Crippen molar-refractivity contribution in [2.24, 2.45) is 5.92 Å². The molecule has 0 radical (unpaired) electrons. The molecule has 1 unspecified atom stereocenters. The molecule has 0 spiro atoms. The lowest BCUT2D eigenvalue weighted by Crippen LogP contribution is -2.53. The summed E-state index contributed by atoms with van der Waals surface area (Å²) in [5.74, 6) is 0.857. The molecule has 18 heavy (non-hydrogen) atoms. The number of nitrogens with one attached hydrogen (secondary N) is 2. The first kappa shape index (κ1) is 10.4. The molecule has 5 rings (SSSR count). The molecule has 3 aliphatic rings. The third kappa shape index (κ3) is 1.68. The molecule has 2 bridgehead atoms. The molecule has 4 heterocycles. The molecule has 0 saturated carbocycles. The van der Waals surface area contributed by atoms with Crippen molar-refractivity contribution >= 4 is 16.6 Å². The van der Waals surface area contributed by atoms with Gasteiger partial charge in [0.15, 0.2) is 0 Å². The third-order valence-electron chi connectivity index (χ3n) is 4.45. The van der Waals surface area contributed by atoms with Gasteiger partial charge in [-0.15, -0.1) is 0 Å². The van der Waals surface area contributed by atoms with Crippen molar-refractivity contribution in [1.29, 1.82) is 0 Å². The Hall–Kier alpha value is -1.55. The van der Waals surface area contributed by atoms with E-state index in [1.54, 1.807) is 0 Å². The minimum absolute atomic E-state index is 0.622. The van der Waals surface area contributed by atoms with Gasteiger partial charge in [-0.3, -0.25) is 5.10 Å². The van der Waals surface area contributed by atoms with Crippen LogP contribution in [0.5, 0.6) is 0 Å². The van der Waals surface area contributed by atoms with E-state index in [0.717, 1.165) is 11.4 Å². The zero-order valence-electron chi connectivity index (χ0n) is 10.4. The van der Waals surface area contributed by atoms with Crippen LogP contribution in [0.25, 0.3) is 10.9 Å². The summed E-state index contributed by atoms with van der Waals surface area (Å²) in [6, 6.07) is 7.07.